The zero-order valence-corrected chi connectivity index (χ0v) is 5.95. The van der Waals surface area contributed by atoms with Gasteiger partial charge < -0.3 is 4.74 Å². The first-order valence-corrected chi connectivity index (χ1v) is 3.47. The van der Waals surface area contributed by atoms with Crippen LogP contribution in [0.5, 0.6) is 5.75 Å². The number of allylic oxidation sites excluding steroid dienone is 2. The van der Waals surface area contributed by atoms with Gasteiger partial charge in [0.25, 0.3) is 0 Å². The van der Waals surface area contributed by atoms with Crippen molar-refractivity contribution in [3.05, 3.63) is 48.2 Å². The van der Waals surface area contributed by atoms with E-state index in [2.05, 4.69) is 6.08 Å². The summed E-state index contributed by atoms with van der Waals surface area (Å²) in [5.41, 5.74) is 1.09. The van der Waals surface area contributed by atoms with E-state index in [1.54, 1.807) is 6.26 Å². The van der Waals surface area contributed by atoms with Crippen molar-refractivity contribution in [1.29, 1.82) is 0 Å². The molecular weight excluding hydrogens is 136 g/mol. The van der Waals surface area contributed by atoms with E-state index in [0.717, 1.165) is 11.3 Å². The van der Waals surface area contributed by atoms with E-state index in [4.69, 9.17) is 4.74 Å². The first-order chi connectivity index (χ1) is 5.47. The van der Waals surface area contributed by atoms with Gasteiger partial charge in [-0.3, -0.25) is 0 Å². The third kappa shape index (κ3) is 1.17. The smallest absolute Gasteiger partial charge is 0.133 e. The maximum absolute atomic E-state index is 5.25. The summed E-state index contributed by atoms with van der Waals surface area (Å²) in [5.74, 6) is 0.883. The van der Waals surface area contributed by atoms with Crippen molar-refractivity contribution in [2.45, 2.75) is 0 Å². The van der Waals surface area contributed by atoms with Gasteiger partial charge >= 0.3 is 0 Å². The Morgan fingerprint density at radius 2 is 2.09 bits per heavy atom. The van der Waals surface area contributed by atoms with Crippen molar-refractivity contribution < 1.29 is 4.74 Å². The lowest BCUT2D eigenvalue weighted by molar-refractivity contribution is 0.479. The normalized spacial score (nSPS) is 13.5. The van der Waals surface area contributed by atoms with Crippen molar-refractivity contribution >= 4 is 6.08 Å². The van der Waals surface area contributed by atoms with Crippen LogP contribution in [0.3, 0.4) is 0 Å². The Morgan fingerprint density at radius 1 is 1.18 bits per heavy atom. The summed E-state index contributed by atoms with van der Waals surface area (Å²) in [4.78, 5) is 0. The number of rotatable bonds is 0. The van der Waals surface area contributed by atoms with E-state index < -0.39 is 0 Å². The van der Waals surface area contributed by atoms with E-state index in [1.807, 2.05) is 36.4 Å². The second kappa shape index (κ2) is 2.62. The summed E-state index contributed by atoms with van der Waals surface area (Å²) in [6, 6.07) is 7.87. The van der Waals surface area contributed by atoms with Gasteiger partial charge in [-0.25, -0.2) is 0 Å². The van der Waals surface area contributed by atoms with Gasteiger partial charge in [0.15, 0.2) is 0 Å². The van der Waals surface area contributed by atoms with E-state index in [1.165, 1.54) is 0 Å². The highest BCUT2D eigenvalue weighted by Crippen LogP contribution is 2.20. The number of ether oxygens (including phenoxy) is 1. The van der Waals surface area contributed by atoms with Crippen LogP contribution in [-0.2, 0) is 0 Å². The Bertz CT molecular complexity index is 310. The summed E-state index contributed by atoms with van der Waals surface area (Å²) < 4.78 is 5.25. The van der Waals surface area contributed by atoms with Crippen LogP contribution in [0.2, 0.25) is 0 Å². The molecule has 0 amide bonds. The molecule has 1 aliphatic rings. The van der Waals surface area contributed by atoms with Crippen LogP contribution >= 0.6 is 0 Å². The van der Waals surface area contributed by atoms with Crippen LogP contribution in [0.25, 0.3) is 6.08 Å². The highest BCUT2D eigenvalue weighted by atomic mass is 16.5. The molecule has 1 heteroatoms. The molecule has 0 saturated heterocycles. The molecule has 0 fully saturated rings. The second-order valence-corrected chi connectivity index (χ2v) is 2.27. The molecule has 53 valence electrons. The van der Waals surface area contributed by atoms with Crippen LogP contribution in [0.1, 0.15) is 5.56 Å². The zero-order valence-electron chi connectivity index (χ0n) is 5.95. The maximum atomic E-state index is 5.25. The Kier molecular flexibility index (Phi) is 1.48. The molecule has 1 nitrogen and oxygen atoms in total. The molecule has 0 unspecified atom stereocenters. The zero-order chi connectivity index (χ0) is 7.52. The standard InChI is InChI=1S/C10H7O/c1-2-7-10-9(5-1)6-3-4-8-11-10/h1-3,5-8H. The van der Waals surface area contributed by atoms with Gasteiger partial charge in [-0.15, -0.1) is 0 Å². The molecule has 0 aliphatic carbocycles. The van der Waals surface area contributed by atoms with E-state index >= 15 is 0 Å². The number of hydrogen-bond donors (Lipinski definition) is 0. The number of benzene rings is 1. The minimum atomic E-state index is 0.883. The van der Waals surface area contributed by atoms with Crippen molar-refractivity contribution in [2.24, 2.45) is 0 Å². The molecule has 1 heterocycles. The van der Waals surface area contributed by atoms with Gasteiger partial charge in [-0.2, -0.15) is 0 Å². The van der Waals surface area contributed by atoms with Gasteiger partial charge in [-0.1, -0.05) is 30.4 Å². The molecule has 1 radical (unpaired) electrons. The molecule has 0 saturated carbocycles. The summed E-state index contributed by atoms with van der Waals surface area (Å²) >= 11 is 0. The summed E-state index contributed by atoms with van der Waals surface area (Å²) in [5, 5.41) is 0. The molecule has 0 aromatic heterocycles. The predicted octanol–water partition coefficient (Wildman–Crippen LogP) is 2.41. The van der Waals surface area contributed by atoms with Gasteiger partial charge in [0.2, 0.25) is 0 Å². The molecule has 0 bridgehead atoms. The lowest BCUT2D eigenvalue weighted by Gasteiger charge is -2.00. The van der Waals surface area contributed by atoms with Crippen molar-refractivity contribution in [2.75, 3.05) is 0 Å². The number of fused-ring (bicyclic) bond motifs is 1. The summed E-state index contributed by atoms with van der Waals surface area (Å²) in [6.45, 7) is 0. The highest BCUT2D eigenvalue weighted by molar-refractivity contribution is 5.58. The van der Waals surface area contributed by atoms with Gasteiger partial charge in [0.05, 0.1) is 6.26 Å². The Labute approximate surface area is 65.6 Å². The van der Waals surface area contributed by atoms with Crippen LogP contribution in [-0.4, -0.2) is 0 Å². The summed E-state index contributed by atoms with van der Waals surface area (Å²) in [7, 11) is 0. The molecule has 0 N–H and O–H groups in total. The average molecular weight is 143 g/mol. The van der Waals surface area contributed by atoms with Crippen LogP contribution in [0.15, 0.2) is 36.6 Å². The molecular formula is C10H7O. The van der Waals surface area contributed by atoms with Gasteiger partial charge in [-0.05, 0) is 6.07 Å². The largest absolute Gasteiger partial charge is 0.464 e. The molecule has 1 aromatic rings. The Hall–Kier alpha value is -1.50. The van der Waals surface area contributed by atoms with Crippen LogP contribution in [0, 0.1) is 6.08 Å². The topological polar surface area (TPSA) is 9.23 Å². The minimum absolute atomic E-state index is 0.883. The van der Waals surface area contributed by atoms with Gasteiger partial charge in [0.1, 0.15) is 5.75 Å². The summed E-state index contributed by atoms with van der Waals surface area (Å²) in [6.07, 6.45) is 8.23. The minimum Gasteiger partial charge on any atom is -0.464 e. The maximum Gasteiger partial charge on any atom is 0.133 e. The first-order valence-electron chi connectivity index (χ1n) is 3.47. The molecule has 1 aromatic carbocycles. The van der Waals surface area contributed by atoms with Gasteiger partial charge in [0, 0.05) is 11.6 Å². The van der Waals surface area contributed by atoms with E-state index in [9.17, 15) is 0 Å². The van der Waals surface area contributed by atoms with E-state index in [0.29, 0.717) is 0 Å². The Balaban J connectivity index is 2.52. The fourth-order valence-corrected chi connectivity index (χ4v) is 1.00. The monoisotopic (exact) mass is 143 g/mol. The quantitative estimate of drug-likeness (QED) is 0.542. The van der Waals surface area contributed by atoms with Crippen molar-refractivity contribution in [3.8, 4) is 5.75 Å². The first kappa shape index (κ1) is 6.23. The fraction of sp³-hybridized carbons (Fsp3) is 0. The molecule has 0 atom stereocenters. The third-order valence-electron chi connectivity index (χ3n) is 1.53. The molecule has 11 heavy (non-hydrogen) atoms. The Morgan fingerprint density at radius 3 is 3.09 bits per heavy atom. The highest BCUT2D eigenvalue weighted by Gasteiger charge is 1.98. The molecule has 2 rings (SSSR count). The molecule has 1 aliphatic heterocycles. The number of hydrogen-bond acceptors (Lipinski definition) is 1. The van der Waals surface area contributed by atoms with E-state index in [-0.39, 0.29) is 0 Å². The van der Waals surface area contributed by atoms with Crippen molar-refractivity contribution in [3.63, 3.8) is 0 Å². The van der Waals surface area contributed by atoms with Crippen LogP contribution in [0.4, 0.5) is 0 Å². The lowest BCUT2D eigenvalue weighted by Crippen LogP contribution is -1.82. The fourth-order valence-electron chi connectivity index (χ4n) is 1.00. The SMILES string of the molecule is [C]1=COc2ccccc2C=C1. The average Bonchev–Trinajstić information content (AvgIpc) is 2.28. The predicted molar refractivity (Wildman–Crippen MR) is 43.9 cm³/mol. The second-order valence-electron chi connectivity index (χ2n) is 2.27. The van der Waals surface area contributed by atoms with Crippen LogP contribution < -0.4 is 4.74 Å². The third-order valence-corrected chi connectivity index (χ3v) is 1.53. The van der Waals surface area contributed by atoms with Crippen molar-refractivity contribution in [1.82, 2.24) is 0 Å². The molecule has 0 spiro atoms. The lowest BCUT2D eigenvalue weighted by atomic mass is 10.2. The number of para-hydroxylation sites is 1.